The molecule has 8 nitrogen and oxygen atoms in total. The van der Waals surface area contributed by atoms with Gasteiger partial charge in [0.15, 0.2) is 5.25 Å². The van der Waals surface area contributed by atoms with Gasteiger partial charge < -0.3 is 4.74 Å². The Hall–Kier alpha value is -1.56. The number of rotatable bonds is 5. The van der Waals surface area contributed by atoms with E-state index < -0.39 is 5.25 Å². The first-order chi connectivity index (χ1) is 13.5. The molecule has 1 aliphatic rings. The first kappa shape index (κ1) is 22.1. The third-order valence-electron chi connectivity index (χ3n) is 4.51. The van der Waals surface area contributed by atoms with Crippen LogP contribution < -0.4 is 15.7 Å². The van der Waals surface area contributed by atoms with Crippen LogP contribution in [0.15, 0.2) is 53.3 Å². The summed E-state index contributed by atoms with van der Waals surface area (Å²) >= 11 is 0.929. The summed E-state index contributed by atoms with van der Waals surface area (Å²) in [5, 5.41) is 0.143. The molecule has 3 aromatic rings. The van der Waals surface area contributed by atoms with E-state index in [9.17, 15) is 14.5 Å². The molecular formula is C19H18KN4O4S+. The van der Waals surface area contributed by atoms with Crippen molar-refractivity contribution in [3.8, 4) is 5.75 Å². The Morgan fingerprint density at radius 1 is 1.17 bits per heavy atom. The molecule has 0 bridgehead atoms. The van der Waals surface area contributed by atoms with Gasteiger partial charge in [0.25, 0.3) is 23.4 Å². The minimum atomic E-state index is -0.430. The molecule has 29 heavy (non-hydrogen) atoms. The Morgan fingerprint density at radius 2 is 1.90 bits per heavy atom. The van der Waals surface area contributed by atoms with E-state index in [2.05, 4.69) is 10.4 Å². The van der Waals surface area contributed by atoms with Crippen molar-refractivity contribution in [1.82, 2.24) is 15.0 Å². The van der Waals surface area contributed by atoms with Gasteiger partial charge in [-0.1, -0.05) is 29.7 Å². The standard InChI is InChI=1S/C19H16N4O4S.K.H/c1-22-17(20-15-5-3-2-4-14(15)19(22)25)11-27-13-8-6-12(7-9-13)10-16-18(24)21-23(26)28-16;;/h2-9,16H,10-11H2,1H3;;/p+1. The van der Waals surface area contributed by atoms with Crippen molar-refractivity contribution in [3.63, 3.8) is 0 Å². The Kier molecular flexibility index (Phi) is 7.25. The summed E-state index contributed by atoms with van der Waals surface area (Å²) in [4.78, 5) is 39.7. The number of aromatic nitrogens is 2. The number of hydrogen-bond donors (Lipinski definition) is 1. The molecule has 144 valence electrons. The molecular weight excluding hydrogens is 419 g/mol. The van der Waals surface area contributed by atoms with Crippen molar-refractivity contribution in [2.75, 3.05) is 0 Å². The third kappa shape index (κ3) is 4.96. The third-order valence-corrected chi connectivity index (χ3v) is 5.42. The number of para-hydroxylation sites is 1. The zero-order valence-electron chi connectivity index (χ0n) is 15.0. The molecule has 1 amide bonds. The number of nitroso groups, excluding NO2 is 1. The zero-order valence-corrected chi connectivity index (χ0v) is 15.8. The van der Waals surface area contributed by atoms with E-state index in [1.807, 2.05) is 24.3 Å². The first-order valence-corrected chi connectivity index (χ1v) is 9.46. The summed E-state index contributed by atoms with van der Waals surface area (Å²) in [7, 11) is 1.67. The van der Waals surface area contributed by atoms with Crippen molar-refractivity contribution >= 4 is 80.1 Å². The Labute approximate surface area is 213 Å². The average molecular weight is 438 g/mol. The Balaban J connectivity index is 0.00000240. The molecule has 1 saturated heterocycles. The second kappa shape index (κ2) is 9.50. The minimum absolute atomic E-state index is 0. The molecule has 0 radical (unpaired) electrons. The molecule has 0 spiro atoms. The predicted molar refractivity (Wildman–Crippen MR) is 112 cm³/mol. The van der Waals surface area contributed by atoms with E-state index in [0.717, 1.165) is 17.5 Å². The molecule has 0 aliphatic carbocycles. The molecule has 1 N–H and O–H groups in total. The number of amides is 1. The van der Waals surface area contributed by atoms with Crippen LogP contribution in [-0.4, -0.2) is 76.4 Å². The fourth-order valence-corrected chi connectivity index (χ4v) is 3.75. The van der Waals surface area contributed by atoms with Gasteiger partial charge in [0.1, 0.15) is 18.2 Å². The van der Waals surface area contributed by atoms with Gasteiger partial charge in [0.05, 0.1) is 15.8 Å². The fraction of sp³-hybridized carbons (Fsp3) is 0.211. The Bertz CT molecular complexity index is 1130. The maximum atomic E-state index is 12.4. The fourth-order valence-electron chi connectivity index (χ4n) is 2.96. The molecule has 4 rings (SSSR count). The van der Waals surface area contributed by atoms with Gasteiger partial charge in [0, 0.05) is 7.05 Å². The van der Waals surface area contributed by atoms with Crippen molar-refractivity contribution in [2.45, 2.75) is 18.3 Å². The van der Waals surface area contributed by atoms with Crippen LogP contribution in [0, 0.1) is 4.91 Å². The van der Waals surface area contributed by atoms with E-state index in [4.69, 9.17) is 4.74 Å². The quantitative estimate of drug-likeness (QED) is 0.367. The molecule has 1 aromatic heterocycles. The summed E-state index contributed by atoms with van der Waals surface area (Å²) < 4.78 is 7.74. The number of fused-ring (bicyclic) bond motifs is 1. The van der Waals surface area contributed by atoms with Gasteiger partial charge in [-0.3, -0.25) is 14.2 Å². The molecule has 1 aliphatic heterocycles. The van der Waals surface area contributed by atoms with Gasteiger partial charge in [-0.05, 0) is 36.2 Å². The number of nitrogens with zero attached hydrogens (tertiary/aromatic N) is 3. The van der Waals surface area contributed by atoms with Crippen molar-refractivity contribution in [2.24, 2.45) is 7.05 Å². The molecule has 10 heteroatoms. The number of benzene rings is 2. The van der Waals surface area contributed by atoms with E-state index in [1.54, 1.807) is 31.3 Å². The van der Waals surface area contributed by atoms with Crippen LogP contribution in [0.1, 0.15) is 11.4 Å². The number of hydrazine groups is 1. The number of ether oxygens (including phenoxy) is 1. The summed E-state index contributed by atoms with van der Waals surface area (Å²) in [6.07, 6.45) is 0.455. The van der Waals surface area contributed by atoms with Crippen LogP contribution in [0.2, 0.25) is 0 Å². The summed E-state index contributed by atoms with van der Waals surface area (Å²) in [6.45, 7) is 0.155. The number of nitrogens with one attached hydrogen (secondary N) is 1. The average Bonchev–Trinajstić information content (AvgIpc) is 3.01. The number of carbonyl (C=O) groups is 1. The maximum absolute atomic E-state index is 12.4. The van der Waals surface area contributed by atoms with Gasteiger partial charge >= 0.3 is 51.4 Å². The topological polar surface area (TPSA) is 93.3 Å². The summed E-state index contributed by atoms with van der Waals surface area (Å²) in [5.41, 5.74) is 3.65. The zero-order chi connectivity index (χ0) is 19.7. The summed E-state index contributed by atoms with van der Waals surface area (Å²) in [5.74, 6) is 0.867. The van der Waals surface area contributed by atoms with Crippen molar-refractivity contribution in [3.05, 3.63) is 75.2 Å². The molecule has 2 aromatic carbocycles. The van der Waals surface area contributed by atoms with E-state index in [-0.39, 0.29) is 69.5 Å². The van der Waals surface area contributed by atoms with Crippen LogP contribution in [0.25, 0.3) is 10.9 Å². The predicted octanol–water partition coefficient (Wildman–Crippen LogP) is 1.25. The van der Waals surface area contributed by atoms with Crippen LogP contribution >= 0.6 is 11.9 Å². The number of carbonyl (C=O) groups excluding carboxylic acids is 1. The van der Waals surface area contributed by atoms with Crippen molar-refractivity contribution in [1.29, 1.82) is 0 Å². The second-order valence-corrected chi connectivity index (χ2v) is 7.48. The van der Waals surface area contributed by atoms with Gasteiger partial charge in [-0.25, -0.2) is 4.98 Å². The molecule has 1 atom stereocenters. The van der Waals surface area contributed by atoms with Crippen LogP contribution in [0.5, 0.6) is 5.75 Å². The molecule has 0 saturated carbocycles. The van der Waals surface area contributed by atoms with Gasteiger partial charge in [0.2, 0.25) is 4.27 Å². The number of hydrogen-bond acceptors (Lipinski definition) is 6. The van der Waals surface area contributed by atoms with Gasteiger partial charge in [-0.2, -0.15) is 0 Å². The van der Waals surface area contributed by atoms with Crippen molar-refractivity contribution < 1.29 is 13.8 Å². The van der Waals surface area contributed by atoms with E-state index in [0.29, 0.717) is 33.2 Å². The molecule has 2 heterocycles. The van der Waals surface area contributed by atoms with Crippen LogP contribution in [-0.2, 0) is 24.9 Å². The van der Waals surface area contributed by atoms with Crippen LogP contribution in [0.3, 0.4) is 0 Å². The van der Waals surface area contributed by atoms with E-state index >= 15 is 0 Å². The normalized spacial score (nSPS) is 15.8. The Morgan fingerprint density at radius 3 is 2.59 bits per heavy atom. The van der Waals surface area contributed by atoms with Gasteiger partial charge in [-0.15, -0.1) is 0 Å². The van der Waals surface area contributed by atoms with E-state index in [1.165, 1.54) is 4.57 Å². The second-order valence-electron chi connectivity index (χ2n) is 6.37. The molecule has 1 unspecified atom stereocenters. The SMILES string of the molecule is Cn1c(COc2ccc(CC3S[N+](=O)NC3=O)cc2)nc2ccccc2c1=O.[KH]. The summed E-state index contributed by atoms with van der Waals surface area (Å²) in [6, 6.07) is 14.5. The molecule has 1 fully saturated rings. The first-order valence-electron chi connectivity index (χ1n) is 8.62. The van der Waals surface area contributed by atoms with Crippen LogP contribution in [0.4, 0.5) is 0 Å². The monoisotopic (exact) mass is 437 g/mol.